The number of hydroxylamine groups is 1. The summed E-state index contributed by atoms with van der Waals surface area (Å²) in [5.41, 5.74) is 3.88. The maximum atomic E-state index is 12.9. The van der Waals surface area contributed by atoms with Crippen LogP contribution >= 0.6 is 0 Å². The summed E-state index contributed by atoms with van der Waals surface area (Å²) in [6, 6.07) is 40.2. The third-order valence-corrected chi connectivity index (χ3v) is 8.45. The SMILES string of the molecule is CON(c1nc(OCc2ccccc2)c2ncn(C3CCCC3=O)c2n1)C(c1ccccc1)(c1ccccc1)c1ccccc1. The smallest absolute Gasteiger partial charge is 0.256 e. The van der Waals surface area contributed by atoms with Crippen molar-refractivity contribution >= 4 is 22.9 Å². The largest absolute Gasteiger partial charge is 0.471 e. The molecule has 8 heteroatoms. The van der Waals surface area contributed by atoms with E-state index in [4.69, 9.17) is 19.5 Å². The van der Waals surface area contributed by atoms with Crippen LogP contribution in [0.1, 0.15) is 47.6 Å². The van der Waals surface area contributed by atoms with Crippen molar-refractivity contribution in [3.05, 3.63) is 150 Å². The van der Waals surface area contributed by atoms with Gasteiger partial charge in [-0.3, -0.25) is 9.63 Å². The molecule has 0 radical (unpaired) electrons. The van der Waals surface area contributed by atoms with E-state index in [-0.39, 0.29) is 24.4 Å². The third kappa shape index (κ3) is 5.13. The molecule has 1 aliphatic rings. The highest BCUT2D eigenvalue weighted by molar-refractivity contribution is 5.87. The molecule has 6 aromatic rings. The van der Waals surface area contributed by atoms with Gasteiger partial charge in [0, 0.05) is 6.42 Å². The first-order valence-corrected chi connectivity index (χ1v) is 15.1. The summed E-state index contributed by atoms with van der Waals surface area (Å²) < 4.78 is 8.25. The molecular formula is C37H33N5O3. The van der Waals surface area contributed by atoms with Gasteiger partial charge in [-0.2, -0.15) is 15.0 Å². The fraction of sp³-hybridized carbons (Fsp3) is 0.189. The fourth-order valence-corrected chi connectivity index (χ4v) is 6.38. The first-order valence-electron chi connectivity index (χ1n) is 15.1. The van der Waals surface area contributed by atoms with Crippen LogP contribution < -0.4 is 9.80 Å². The molecular weight excluding hydrogens is 562 g/mol. The standard InChI is InChI=1S/C37H33N5O3/c1-44-42(37(28-17-8-3-9-18-28,29-19-10-4-11-20-29)30-21-12-5-13-22-30)36-39-34-33(38-26-41(34)31-23-14-24-32(31)43)35(40-36)45-25-27-15-6-2-7-16-27/h2-13,15-22,26,31H,14,23-25H2,1H3. The Morgan fingerprint density at radius 2 is 1.36 bits per heavy atom. The average molecular weight is 596 g/mol. The summed E-state index contributed by atoms with van der Waals surface area (Å²) in [6.45, 7) is 0.287. The number of benzene rings is 4. The zero-order valence-electron chi connectivity index (χ0n) is 25.0. The molecule has 1 atom stereocenters. The number of carbonyl (C=O) groups is 1. The average Bonchev–Trinajstić information content (AvgIpc) is 3.73. The van der Waals surface area contributed by atoms with Crippen LogP contribution in [0.3, 0.4) is 0 Å². The van der Waals surface area contributed by atoms with Gasteiger partial charge in [0.2, 0.25) is 5.88 Å². The second kappa shape index (κ2) is 12.3. The second-order valence-corrected chi connectivity index (χ2v) is 11.1. The summed E-state index contributed by atoms with van der Waals surface area (Å²) in [5.74, 6) is 0.766. The Kier molecular flexibility index (Phi) is 7.80. The minimum absolute atomic E-state index is 0.178. The lowest BCUT2D eigenvalue weighted by molar-refractivity contribution is -0.120. The van der Waals surface area contributed by atoms with E-state index in [1.807, 2.05) is 89.5 Å². The van der Waals surface area contributed by atoms with E-state index in [1.54, 1.807) is 18.5 Å². The Morgan fingerprint density at radius 3 is 1.87 bits per heavy atom. The van der Waals surface area contributed by atoms with E-state index in [0.29, 0.717) is 23.5 Å². The summed E-state index contributed by atoms with van der Waals surface area (Å²) in [4.78, 5) is 34.1. The molecule has 0 amide bonds. The van der Waals surface area contributed by atoms with Gasteiger partial charge in [0.1, 0.15) is 12.1 Å². The van der Waals surface area contributed by atoms with Gasteiger partial charge in [0.15, 0.2) is 16.9 Å². The fourth-order valence-electron chi connectivity index (χ4n) is 6.38. The van der Waals surface area contributed by atoms with Crippen molar-refractivity contribution in [3.63, 3.8) is 0 Å². The lowest BCUT2D eigenvalue weighted by Crippen LogP contribution is -2.48. The van der Waals surface area contributed by atoms with E-state index >= 15 is 0 Å². The molecule has 0 N–H and O–H groups in total. The van der Waals surface area contributed by atoms with E-state index in [9.17, 15) is 4.79 Å². The predicted molar refractivity (Wildman–Crippen MR) is 173 cm³/mol. The van der Waals surface area contributed by atoms with Crippen molar-refractivity contribution in [1.82, 2.24) is 19.5 Å². The lowest BCUT2D eigenvalue weighted by atomic mass is 9.76. The summed E-state index contributed by atoms with van der Waals surface area (Å²) in [5, 5.41) is 1.75. The topological polar surface area (TPSA) is 82.4 Å². The molecule has 1 saturated carbocycles. The van der Waals surface area contributed by atoms with Gasteiger partial charge in [0.25, 0.3) is 5.95 Å². The highest BCUT2D eigenvalue weighted by Gasteiger charge is 2.45. The zero-order chi connectivity index (χ0) is 30.6. The van der Waals surface area contributed by atoms with Crippen LogP contribution in [0, 0.1) is 0 Å². The van der Waals surface area contributed by atoms with Crippen LogP contribution in [-0.2, 0) is 21.8 Å². The van der Waals surface area contributed by atoms with Crippen molar-refractivity contribution in [3.8, 4) is 5.88 Å². The number of nitrogens with zero attached hydrogens (tertiary/aromatic N) is 5. The van der Waals surface area contributed by atoms with Crippen LogP contribution in [0.2, 0.25) is 0 Å². The summed E-state index contributed by atoms with van der Waals surface area (Å²) in [7, 11) is 1.62. The molecule has 1 fully saturated rings. The van der Waals surface area contributed by atoms with Crippen molar-refractivity contribution in [1.29, 1.82) is 0 Å². The van der Waals surface area contributed by atoms with Gasteiger partial charge < -0.3 is 9.30 Å². The number of ether oxygens (including phenoxy) is 1. The second-order valence-electron chi connectivity index (χ2n) is 11.1. The predicted octanol–water partition coefficient (Wildman–Crippen LogP) is 7.06. The molecule has 0 saturated heterocycles. The highest BCUT2D eigenvalue weighted by Crippen LogP contribution is 2.45. The Morgan fingerprint density at radius 1 is 0.800 bits per heavy atom. The number of aromatic nitrogens is 4. The van der Waals surface area contributed by atoms with Crippen molar-refractivity contribution in [2.24, 2.45) is 0 Å². The molecule has 0 bridgehead atoms. The van der Waals surface area contributed by atoms with Crippen LogP contribution in [0.15, 0.2) is 128 Å². The molecule has 1 unspecified atom stereocenters. The summed E-state index contributed by atoms with van der Waals surface area (Å²) in [6.07, 6.45) is 3.80. The molecule has 0 aliphatic heterocycles. The molecule has 2 aromatic heterocycles. The number of carbonyl (C=O) groups excluding carboxylic acids is 1. The van der Waals surface area contributed by atoms with E-state index in [1.165, 1.54) is 0 Å². The summed E-state index contributed by atoms with van der Waals surface area (Å²) >= 11 is 0. The number of hydrogen-bond donors (Lipinski definition) is 0. The van der Waals surface area contributed by atoms with Gasteiger partial charge in [-0.15, -0.1) is 0 Å². The van der Waals surface area contributed by atoms with Crippen molar-refractivity contribution < 1.29 is 14.4 Å². The van der Waals surface area contributed by atoms with Gasteiger partial charge in [-0.1, -0.05) is 121 Å². The zero-order valence-corrected chi connectivity index (χ0v) is 25.0. The minimum atomic E-state index is -1.00. The molecule has 224 valence electrons. The quantitative estimate of drug-likeness (QED) is 0.124. The Hall–Kier alpha value is -5.34. The van der Waals surface area contributed by atoms with Gasteiger partial charge >= 0.3 is 0 Å². The highest BCUT2D eigenvalue weighted by atomic mass is 16.7. The Balaban J connectivity index is 1.48. The van der Waals surface area contributed by atoms with E-state index in [2.05, 4.69) is 41.4 Å². The maximum absolute atomic E-state index is 12.9. The number of hydrogen-bond acceptors (Lipinski definition) is 7. The Bertz CT molecular complexity index is 1800. The molecule has 2 heterocycles. The molecule has 45 heavy (non-hydrogen) atoms. The maximum Gasteiger partial charge on any atom is 0.256 e. The number of fused-ring (bicyclic) bond motifs is 1. The minimum Gasteiger partial charge on any atom is -0.471 e. The molecule has 1 aliphatic carbocycles. The van der Waals surface area contributed by atoms with E-state index < -0.39 is 5.54 Å². The molecule has 4 aromatic carbocycles. The molecule has 8 nitrogen and oxygen atoms in total. The van der Waals surface area contributed by atoms with Crippen LogP contribution in [0.25, 0.3) is 11.2 Å². The lowest BCUT2D eigenvalue weighted by Gasteiger charge is -2.43. The van der Waals surface area contributed by atoms with E-state index in [0.717, 1.165) is 35.1 Å². The third-order valence-electron chi connectivity index (χ3n) is 8.45. The Labute approximate surface area is 261 Å². The number of imidazole rings is 1. The molecule has 7 rings (SSSR count). The number of rotatable bonds is 10. The van der Waals surface area contributed by atoms with Gasteiger partial charge in [-0.05, 0) is 35.1 Å². The van der Waals surface area contributed by atoms with Crippen LogP contribution in [0.4, 0.5) is 5.95 Å². The number of ketones is 1. The molecule has 0 spiro atoms. The number of Topliss-reactive ketones (excluding diaryl/α,β-unsaturated/α-hetero) is 1. The normalized spacial score (nSPS) is 15.0. The monoisotopic (exact) mass is 595 g/mol. The van der Waals surface area contributed by atoms with Crippen LogP contribution in [-0.4, -0.2) is 32.4 Å². The van der Waals surface area contributed by atoms with Gasteiger partial charge in [0.05, 0.1) is 19.5 Å². The number of anilines is 1. The van der Waals surface area contributed by atoms with Crippen molar-refractivity contribution in [2.75, 3.05) is 12.2 Å². The first-order chi connectivity index (χ1) is 22.2. The van der Waals surface area contributed by atoms with Gasteiger partial charge in [-0.25, -0.2) is 4.98 Å². The van der Waals surface area contributed by atoms with Crippen molar-refractivity contribution in [2.45, 2.75) is 37.5 Å². The first kappa shape index (κ1) is 28.4. The van der Waals surface area contributed by atoms with Crippen LogP contribution in [0.5, 0.6) is 5.88 Å².